The van der Waals surface area contributed by atoms with Gasteiger partial charge in [0, 0.05) is 26.4 Å². The van der Waals surface area contributed by atoms with Crippen molar-refractivity contribution in [3.8, 4) is 0 Å². The van der Waals surface area contributed by atoms with Crippen LogP contribution in [0, 0.1) is 0 Å². The summed E-state index contributed by atoms with van der Waals surface area (Å²) in [5.41, 5.74) is 0.930. The number of hydrogen-bond donors (Lipinski definition) is 3. The van der Waals surface area contributed by atoms with Crippen LogP contribution < -0.4 is 10.6 Å². The molecule has 0 unspecified atom stereocenters. The second kappa shape index (κ2) is 7.45. The Hall–Kier alpha value is -1.09. The summed E-state index contributed by atoms with van der Waals surface area (Å²) in [6.45, 7) is 2.28. The predicted octanol–water partition coefficient (Wildman–Crippen LogP) is -0.740. The summed E-state index contributed by atoms with van der Waals surface area (Å²) in [5, 5.41) is 17.2. The van der Waals surface area contributed by atoms with Crippen LogP contribution in [0.4, 0.5) is 0 Å². The largest absolute Gasteiger partial charge is 0.390 e. The molecule has 0 aliphatic carbocycles. The Labute approximate surface area is 130 Å². The van der Waals surface area contributed by atoms with Crippen molar-refractivity contribution in [1.29, 1.82) is 0 Å². The van der Waals surface area contributed by atoms with Crippen LogP contribution in [0.25, 0.3) is 0 Å². The van der Waals surface area contributed by atoms with E-state index in [-0.39, 0.29) is 18.2 Å². The summed E-state index contributed by atoms with van der Waals surface area (Å²) in [6, 6.07) is 5.32. The van der Waals surface area contributed by atoms with Crippen LogP contribution in [-0.4, -0.2) is 67.5 Å². The lowest BCUT2D eigenvalue weighted by Crippen LogP contribution is -2.63. The number of aliphatic hydroxyl groups is 1. The average Bonchev–Trinajstić information content (AvgIpc) is 2.97. The van der Waals surface area contributed by atoms with Gasteiger partial charge >= 0.3 is 0 Å². The SMILES string of the molecule is COCCN[C@@H]1[C@@H]2OC[C@H](O2)[C@@H](NCc2ccccn2)[C@@H]1O. The Morgan fingerprint density at radius 1 is 1.36 bits per heavy atom. The van der Waals surface area contributed by atoms with Crippen LogP contribution in [0.2, 0.25) is 0 Å². The molecule has 2 fully saturated rings. The van der Waals surface area contributed by atoms with Crippen molar-refractivity contribution < 1.29 is 19.3 Å². The monoisotopic (exact) mass is 309 g/mol. The zero-order chi connectivity index (χ0) is 15.4. The van der Waals surface area contributed by atoms with Crippen LogP contribution in [0.15, 0.2) is 24.4 Å². The molecule has 2 aliphatic rings. The standard InChI is InChI=1S/C15H23N3O4/c1-20-7-6-17-13-14(19)12(11-9-21-15(13)22-11)18-8-10-4-2-3-5-16-10/h2-5,11-15,17-19H,6-9H2,1H3/t11-,12+,13-,14-,15+/m0/s1. The molecular formula is C15H23N3O4. The predicted molar refractivity (Wildman–Crippen MR) is 79.2 cm³/mol. The number of aromatic nitrogens is 1. The number of ether oxygens (including phenoxy) is 3. The Bertz CT molecular complexity index is 461. The molecule has 122 valence electrons. The summed E-state index contributed by atoms with van der Waals surface area (Å²) in [7, 11) is 1.65. The smallest absolute Gasteiger partial charge is 0.176 e. The van der Waals surface area contributed by atoms with E-state index in [2.05, 4.69) is 15.6 Å². The maximum Gasteiger partial charge on any atom is 0.176 e. The van der Waals surface area contributed by atoms with Gasteiger partial charge in [-0.3, -0.25) is 4.98 Å². The molecule has 2 saturated heterocycles. The van der Waals surface area contributed by atoms with E-state index < -0.39 is 12.4 Å². The number of rotatable bonds is 7. The highest BCUT2D eigenvalue weighted by molar-refractivity contribution is 5.05. The van der Waals surface area contributed by atoms with Gasteiger partial charge in [-0.25, -0.2) is 0 Å². The van der Waals surface area contributed by atoms with E-state index >= 15 is 0 Å². The van der Waals surface area contributed by atoms with E-state index in [1.54, 1.807) is 13.3 Å². The highest BCUT2D eigenvalue weighted by Gasteiger charge is 2.49. The topological polar surface area (TPSA) is 84.9 Å². The third-order valence-corrected chi connectivity index (χ3v) is 4.09. The van der Waals surface area contributed by atoms with Crippen molar-refractivity contribution in [3.63, 3.8) is 0 Å². The van der Waals surface area contributed by atoms with Gasteiger partial charge in [-0.2, -0.15) is 0 Å². The van der Waals surface area contributed by atoms with Crippen LogP contribution in [0.1, 0.15) is 5.69 Å². The zero-order valence-corrected chi connectivity index (χ0v) is 12.6. The molecule has 2 aliphatic heterocycles. The van der Waals surface area contributed by atoms with Gasteiger partial charge in [0.05, 0.1) is 37.1 Å². The van der Waals surface area contributed by atoms with E-state index in [1.165, 1.54) is 0 Å². The minimum absolute atomic E-state index is 0.135. The van der Waals surface area contributed by atoms with E-state index in [1.807, 2.05) is 18.2 Å². The Balaban J connectivity index is 1.60. The molecule has 3 heterocycles. The Morgan fingerprint density at radius 2 is 2.27 bits per heavy atom. The third kappa shape index (κ3) is 3.45. The quantitative estimate of drug-likeness (QED) is 0.572. The number of pyridine rings is 1. The van der Waals surface area contributed by atoms with Crippen molar-refractivity contribution in [2.45, 2.75) is 37.1 Å². The van der Waals surface area contributed by atoms with Crippen LogP contribution in [-0.2, 0) is 20.8 Å². The molecule has 0 aromatic carbocycles. The van der Waals surface area contributed by atoms with Crippen molar-refractivity contribution >= 4 is 0 Å². The van der Waals surface area contributed by atoms with E-state index in [9.17, 15) is 5.11 Å². The Kier molecular flexibility index (Phi) is 5.35. The molecule has 3 N–H and O–H groups in total. The normalized spacial score (nSPS) is 34.0. The van der Waals surface area contributed by atoms with Crippen molar-refractivity contribution in [2.75, 3.05) is 26.9 Å². The molecule has 22 heavy (non-hydrogen) atoms. The first-order chi connectivity index (χ1) is 10.8. The molecular weight excluding hydrogens is 286 g/mol. The number of hydrogen-bond acceptors (Lipinski definition) is 7. The fraction of sp³-hybridized carbons (Fsp3) is 0.667. The summed E-state index contributed by atoms with van der Waals surface area (Å²) < 4.78 is 16.5. The van der Waals surface area contributed by atoms with Crippen molar-refractivity contribution in [3.05, 3.63) is 30.1 Å². The van der Waals surface area contributed by atoms with Crippen LogP contribution in [0.3, 0.4) is 0 Å². The summed E-state index contributed by atoms with van der Waals surface area (Å²) in [6.07, 6.45) is 0.634. The second-order valence-electron chi connectivity index (χ2n) is 5.57. The highest BCUT2D eigenvalue weighted by Crippen LogP contribution is 2.28. The van der Waals surface area contributed by atoms with Crippen molar-refractivity contribution in [2.24, 2.45) is 0 Å². The lowest BCUT2D eigenvalue weighted by atomic mass is 9.96. The second-order valence-corrected chi connectivity index (χ2v) is 5.57. The van der Waals surface area contributed by atoms with Gasteiger partial charge in [0.25, 0.3) is 0 Å². The lowest BCUT2D eigenvalue weighted by molar-refractivity contribution is -0.153. The summed E-state index contributed by atoms with van der Waals surface area (Å²) >= 11 is 0. The number of fused-ring (bicyclic) bond motifs is 2. The molecule has 7 heteroatoms. The highest BCUT2D eigenvalue weighted by atomic mass is 16.7. The van der Waals surface area contributed by atoms with E-state index in [0.717, 1.165) is 5.69 Å². The number of aliphatic hydroxyl groups excluding tert-OH is 1. The lowest BCUT2D eigenvalue weighted by Gasteiger charge is -2.39. The first kappa shape index (κ1) is 15.8. The average molecular weight is 309 g/mol. The van der Waals surface area contributed by atoms with Gasteiger partial charge < -0.3 is 30.0 Å². The molecule has 7 nitrogen and oxygen atoms in total. The maximum absolute atomic E-state index is 10.6. The summed E-state index contributed by atoms with van der Waals surface area (Å²) in [4.78, 5) is 4.28. The van der Waals surface area contributed by atoms with Gasteiger partial charge in [0.1, 0.15) is 6.10 Å². The molecule has 0 amide bonds. The summed E-state index contributed by atoms with van der Waals surface area (Å²) in [5.74, 6) is 0. The van der Waals surface area contributed by atoms with Gasteiger partial charge in [0.15, 0.2) is 6.29 Å². The molecule has 0 saturated carbocycles. The molecule has 1 aromatic rings. The zero-order valence-electron chi connectivity index (χ0n) is 12.6. The van der Waals surface area contributed by atoms with Crippen LogP contribution in [0.5, 0.6) is 0 Å². The number of nitrogens with zero attached hydrogens (tertiary/aromatic N) is 1. The fourth-order valence-electron chi connectivity index (χ4n) is 2.94. The molecule has 2 bridgehead atoms. The Morgan fingerprint density at radius 3 is 3.05 bits per heavy atom. The minimum atomic E-state index is -0.591. The molecule has 5 atom stereocenters. The van der Waals surface area contributed by atoms with E-state index in [4.69, 9.17) is 14.2 Å². The van der Waals surface area contributed by atoms with Gasteiger partial charge in [-0.05, 0) is 12.1 Å². The van der Waals surface area contributed by atoms with Gasteiger partial charge in [0.2, 0.25) is 0 Å². The fourth-order valence-corrected chi connectivity index (χ4v) is 2.94. The van der Waals surface area contributed by atoms with E-state index in [0.29, 0.717) is 26.3 Å². The van der Waals surface area contributed by atoms with Crippen LogP contribution >= 0.6 is 0 Å². The maximum atomic E-state index is 10.6. The third-order valence-electron chi connectivity index (χ3n) is 4.09. The molecule has 0 radical (unpaired) electrons. The minimum Gasteiger partial charge on any atom is -0.390 e. The van der Waals surface area contributed by atoms with Crippen molar-refractivity contribution in [1.82, 2.24) is 15.6 Å². The first-order valence-electron chi connectivity index (χ1n) is 7.60. The molecule has 0 spiro atoms. The van der Waals surface area contributed by atoms with Gasteiger partial charge in [-0.1, -0.05) is 6.07 Å². The number of methoxy groups -OCH3 is 1. The molecule has 3 rings (SSSR count). The molecule has 1 aromatic heterocycles. The first-order valence-corrected chi connectivity index (χ1v) is 7.60. The number of nitrogens with one attached hydrogen (secondary N) is 2. The van der Waals surface area contributed by atoms with Gasteiger partial charge in [-0.15, -0.1) is 0 Å².